The molecule has 0 atom stereocenters. The summed E-state index contributed by atoms with van der Waals surface area (Å²) in [5, 5.41) is 5.51. The molecule has 0 heterocycles. The van der Waals surface area contributed by atoms with Crippen molar-refractivity contribution in [3.8, 4) is 11.5 Å². The van der Waals surface area contributed by atoms with E-state index in [1.807, 2.05) is 64.1 Å². The molecule has 0 aliphatic carbocycles. The second-order valence-corrected chi connectivity index (χ2v) is 3.70. The lowest BCUT2D eigenvalue weighted by atomic mass is 10.3. The lowest BCUT2D eigenvalue weighted by molar-refractivity contribution is 0.472. The number of hydrogen-bond donors (Lipinski definition) is 0. The van der Waals surface area contributed by atoms with Gasteiger partial charge in [-0.3, -0.25) is 0 Å². The van der Waals surface area contributed by atoms with E-state index in [1.165, 1.54) is 6.42 Å². The molecule has 4 nitrogen and oxygen atoms in total. The van der Waals surface area contributed by atoms with Crippen LogP contribution in [-0.2, 0) is 0 Å². The Hall–Kier alpha value is -2.98. The van der Waals surface area contributed by atoms with Gasteiger partial charge in [0, 0.05) is 0 Å². The Balaban J connectivity index is -0.000000287. The fourth-order valence-corrected chi connectivity index (χ4v) is 1.07. The SMILES string of the molecule is CC.CC.CCC.[C-]#[N+]Oc1ccccc1.[C-]#[N+]Oc1ccccc1. The lowest BCUT2D eigenvalue weighted by Crippen LogP contribution is -1.74. The molecule has 2 aromatic rings. The third-order valence-electron chi connectivity index (χ3n) is 1.79. The first-order chi connectivity index (χ1) is 12.3. The molecule has 0 saturated carbocycles. The average molecular weight is 342 g/mol. The molecule has 0 spiro atoms. The van der Waals surface area contributed by atoms with Crippen LogP contribution in [0.5, 0.6) is 11.5 Å². The second-order valence-electron chi connectivity index (χ2n) is 3.70. The first-order valence-corrected chi connectivity index (χ1v) is 8.46. The van der Waals surface area contributed by atoms with Gasteiger partial charge in [-0.2, -0.15) is 22.8 Å². The van der Waals surface area contributed by atoms with Gasteiger partial charge in [0.1, 0.15) is 0 Å². The molecule has 0 bridgehead atoms. The summed E-state index contributed by atoms with van der Waals surface area (Å²) in [6, 6.07) is 18.0. The maximum Gasteiger partial charge on any atom is 0.219 e. The predicted molar refractivity (Wildman–Crippen MR) is 106 cm³/mol. The molecule has 0 aromatic heterocycles. The van der Waals surface area contributed by atoms with E-state index in [0.29, 0.717) is 11.5 Å². The standard InChI is InChI=1S/2C7H5NO.C3H8.2C2H6/c2*1-8-9-7-5-3-2-4-6-7;1-3-2;2*1-2/h2*2-6H;3H2,1-2H3;2*1-2H3. The minimum absolute atomic E-state index is 0.590. The summed E-state index contributed by atoms with van der Waals surface area (Å²) < 4.78 is 0. The third kappa shape index (κ3) is 21.0. The van der Waals surface area contributed by atoms with Crippen LogP contribution in [0.25, 0.3) is 10.0 Å². The quantitative estimate of drug-likeness (QED) is 0.424. The molecular weight excluding hydrogens is 312 g/mol. The topological polar surface area (TPSA) is 27.2 Å². The Morgan fingerprint density at radius 1 is 0.640 bits per heavy atom. The Morgan fingerprint density at radius 3 is 1.08 bits per heavy atom. The maximum absolute atomic E-state index is 6.34. The van der Waals surface area contributed by atoms with Crippen LogP contribution in [0.2, 0.25) is 0 Å². The highest BCUT2D eigenvalue weighted by molar-refractivity contribution is 5.21. The van der Waals surface area contributed by atoms with Gasteiger partial charge in [-0.05, 0) is 34.3 Å². The molecule has 0 aliphatic rings. The van der Waals surface area contributed by atoms with E-state index < -0.39 is 0 Å². The van der Waals surface area contributed by atoms with E-state index in [9.17, 15) is 0 Å². The van der Waals surface area contributed by atoms with Crippen molar-refractivity contribution in [2.24, 2.45) is 0 Å². The van der Waals surface area contributed by atoms with Crippen LogP contribution >= 0.6 is 0 Å². The molecule has 0 aliphatic heterocycles. The molecule has 0 amide bonds. The summed E-state index contributed by atoms with van der Waals surface area (Å²) in [4.78, 5) is 8.99. The molecule has 0 N–H and O–H groups in total. The number of hydrogen-bond acceptors (Lipinski definition) is 2. The summed E-state index contributed by atoms with van der Waals surface area (Å²) in [6.45, 7) is 24.9. The largest absolute Gasteiger partial charge is 0.219 e. The van der Waals surface area contributed by atoms with E-state index >= 15 is 0 Å². The summed E-state index contributed by atoms with van der Waals surface area (Å²) in [5.74, 6) is 1.18. The average Bonchev–Trinajstić information content (AvgIpc) is 2.68. The zero-order valence-corrected chi connectivity index (χ0v) is 16.2. The van der Waals surface area contributed by atoms with Gasteiger partial charge < -0.3 is 0 Å². The highest BCUT2D eigenvalue weighted by Crippen LogP contribution is 2.08. The van der Waals surface area contributed by atoms with E-state index in [1.54, 1.807) is 24.3 Å². The van der Waals surface area contributed by atoms with Gasteiger partial charge in [0.05, 0.1) is 0 Å². The second kappa shape index (κ2) is 25.9. The Labute approximate surface area is 153 Å². The molecule has 0 radical (unpaired) electrons. The zero-order valence-electron chi connectivity index (χ0n) is 16.2. The Bertz CT molecular complexity index is 492. The molecule has 2 aromatic carbocycles. The van der Waals surface area contributed by atoms with Crippen molar-refractivity contribution in [1.29, 1.82) is 0 Å². The highest BCUT2D eigenvalue weighted by atomic mass is 16.6. The third-order valence-corrected chi connectivity index (χ3v) is 1.79. The van der Waals surface area contributed by atoms with Crippen molar-refractivity contribution in [3.05, 3.63) is 83.8 Å². The molecule has 2 rings (SSSR count). The minimum Gasteiger partial charge on any atom is -0.158 e. The van der Waals surface area contributed by atoms with Crippen LogP contribution in [0.15, 0.2) is 60.7 Å². The van der Waals surface area contributed by atoms with E-state index in [4.69, 9.17) is 13.1 Å². The van der Waals surface area contributed by atoms with Crippen LogP contribution in [0.1, 0.15) is 48.0 Å². The highest BCUT2D eigenvalue weighted by Gasteiger charge is 1.89. The van der Waals surface area contributed by atoms with Crippen LogP contribution in [-0.4, -0.2) is 0 Å². The Morgan fingerprint density at radius 2 is 0.880 bits per heavy atom. The van der Waals surface area contributed by atoms with Crippen molar-refractivity contribution >= 4 is 0 Å². The molecule has 4 heteroatoms. The summed E-state index contributed by atoms with van der Waals surface area (Å²) in [5.41, 5.74) is 0. The van der Waals surface area contributed by atoms with Crippen LogP contribution in [0, 0.1) is 13.1 Å². The number of nitrogens with zero attached hydrogens (tertiary/aromatic N) is 2. The van der Waals surface area contributed by atoms with E-state index in [2.05, 4.69) is 33.5 Å². The molecule has 136 valence electrons. The van der Waals surface area contributed by atoms with Crippen LogP contribution < -0.4 is 9.68 Å². The fourth-order valence-electron chi connectivity index (χ4n) is 1.07. The van der Waals surface area contributed by atoms with Gasteiger partial charge >= 0.3 is 0 Å². The maximum atomic E-state index is 6.34. The minimum atomic E-state index is 0.590. The molecular formula is C21H30N2O2. The number of benzene rings is 2. The lowest BCUT2D eigenvalue weighted by Gasteiger charge is -1.84. The normalized spacial score (nSPS) is 6.88. The van der Waals surface area contributed by atoms with Gasteiger partial charge in [0.2, 0.25) is 11.5 Å². The summed E-state index contributed by atoms with van der Waals surface area (Å²) in [7, 11) is 0. The summed E-state index contributed by atoms with van der Waals surface area (Å²) in [6.07, 6.45) is 1.25. The van der Waals surface area contributed by atoms with Gasteiger partial charge in [-0.1, -0.05) is 84.4 Å². The number of para-hydroxylation sites is 2. The van der Waals surface area contributed by atoms with Gasteiger partial charge in [-0.15, -0.1) is 0 Å². The smallest absolute Gasteiger partial charge is 0.158 e. The molecule has 0 saturated heterocycles. The van der Waals surface area contributed by atoms with Crippen LogP contribution in [0.3, 0.4) is 0 Å². The molecule has 0 fully saturated rings. The Kier molecular flexibility index (Phi) is 27.9. The van der Waals surface area contributed by atoms with Crippen LogP contribution in [0.4, 0.5) is 0 Å². The van der Waals surface area contributed by atoms with Gasteiger partial charge in [-0.25, -0.2) is 0 Å². The van der Waals surface area contributed by atoms with E-state index in [-0.39, 0.29) is 0 Å². The van der Waals surface area contributed by atoms with Crippen molar-refractivity contribution in [1.82, 2.24) is 0 Å². The first kappa shape index (κ1) is 26.9. The van der Waals surface area contributed by atoms with Crippen molar-refractivity contribution in [2.45, 2.75) is 48.0 Å². The number of rotatable bonds is 2. The van der Waals surface area contributed by atoms with Crippen molar-refractivity contribution in [3.63, 3.8) is 0 Å². The van der Waals surface area contributed by atoms with Crippen molar-refractivity contribution < 1.29 is 9.68 Å². The first-order valence-electron chi connectivity index (χ1n) is 8.46. The van der Waals surface area contributed by atoms with E-state index in [0.717, 1.165) is 0 Å². The zero-order chi connectivity index (χ0) is 19.8. The van der Waals surface area contributed by atoms with Gasteiger partial charge in [0.15, 0.2) is 0 Å². The summed E-state index contributed by atoms with van der Waals surface area (Å²) >= 11 is 0. The monoisotopic (exact) mass is 342 g/mol. The molecule has 25 heavy (non-hydrogen) atoms. The van der Waals surface area contributed by atoms with Gasteiger partial charge in [0.25, 0.3) is 0 Å². The predicted octanol–water partition coefficient (Wildman–Crippen LogP) is 7.27. The van der Waals surface area contributed by atoms with Crippen molar-refractivity contribution in [2.75, 3.05) is 0 Å². The molecule has 0 unspecified atom stereocenters. The fraction of sp³-hybridized carbons (Fsp3) is 0.333.